The number of nitrogens with zero attached hydrogens (tertiary/aromatic N) is 2. The molecule has 0 radical (unpaired) electrons. The molecular weight excluding hydrogens is 408 g/mol. The zero-order valence-electron chi connectivity index (χ0n) is 19.2. The molecular formula is C25H28N2O5. The molecule has 1 aromatic heterocycles. The molecule has 3 aromatic rings. The normalized spacial score (nSPS) is 17.2. The average Bonchev–Trinajstić information content (AvgIpc) is 3.12. The van der Waals surface area contributed by atoms with E-state index in [1.54, 1.807) is 28.4 Å². The standard InChI is InChI=1S/C25H28N2O5/c1-14-15-10-19(28-2)21(30-4)12-17(15)24-23(14)16-11-20(29-3)22(31-5)13-18(16)25(26-24)27-6-8-32-9-7-27/h10-14H,6-9H2,1-5H3. The molecule has 1 aliphatic heterocycles. The van der Waals surface area contributed by atoms with Crippen molar-refractivity contribution in [3.8, 4) is 34.3 Å². The van der Waals surface area contributed by atoms with Gasteiger partial charge in [0.2, 0.25) is 0 Å². The second-order valence-electron chi connectivity index (χ2n) is 8.07. The van der Waals surface area contributed by atoms with Crippen molar-refractivity contribution in [3.05, 3.63) is 35.4 Å². The number of hydrogen-bond donors (Lipinski definition) is 0. The highest BCUT2D eigenvalue weighted by molar-refractivity contribution is 6.02. The number of fused-ring (bicyclic) bond motifs is 5. The van der Waals surface area contributed by atoms with E-state index in [1.807, 2.05) is 12.1 Å². The maximum atomic E-state index is 5.66. The van der Waals surface area contributed by atoms with Crippen molar-refractivity contribution in [2.24, 2.45) is 0 Å². The van der Waals surface area contributed by atoms with E-state index in [9.17, 15) is 0 Å². The second kappa shape index (κ2) is 8.06. The monoisotopic (exact) mass is 436 g/mol. The Labute approximate surface area is 187 Å². The van der Waals surface area contributed by atoms with Gasteiger partial charge in [-0.2, -0.15) is 0 Å². The van der Waals surface area contributed by atoms with Crippen LogP contribution in [-0.4, -0.2) is 59.7 Å². The summed E-state index contributed by atoms with van der Waals surface area (Å²) in [5.74, 6) is 3.92. The van der Waals surface area contributed by atoms with Crippen molar-refractivity contribution in [1.29, 1.82) is 0 Å². The van der Waals surface area contributed by atoms with E-state index in [-0.39, 0.29) is 5.92 Å². The molecule has 2 aliphatic rings. The fourth-order valence-electron chi connectivity index (χ4n) is 4.91. The molecule has 0 amide bonds. The lowest BCUT2D eigenvalue weighted by Gasteiger charge is -2.30. The third-order valence-corrected chi connectivity index (χ3v) is 6.55. The Kier molecular flexibility index (Phi) is 5.21. The van der Waals surface area contributed by atoms with E-state index >= 15 is 0 Å². The van der Waals surface area contributed by atoms with E-state index in [4.69, 9.17) is 28.7 Å². The summed E-state index contributed by atoms with van der Waals surface area (Å²) in [6.07, 6.45) is 0. The summed E-state index contributed by atoms with van der Waals surface area (Å²) in [6.45, 7) is 5.17. The molecule has 7 nitrogen and oxygen atoms in total. The number of aromatic nitrogens is 1. The maximum absolute atomic E-state index is 5.66. The van der Waals surface area contributed by atoms with E-state index in [1.165, 1.54) is 11.1 Å². The van der Waals surface area contributed by atoms with E-state index in [0.29, 0.717) is 30.5 Å². The molecule has 1 saturated heterocycles. The number of rotatable bonds is 5. The molecule has 1 unspecified atom stereocenters. The third-order valence-electron chi connectivity index (χ3n) is 6.55. The molecule has 2 heterocycles. The minimum atomic E-state index is 0.145. The predicted molar refractivity (Wildman–Crippen MR) is 124 cm³/mol. The molecule has 7 heteroatoms. The van der Waals surface area contributed by atoms with E-state index in [0.717, 1.165) is 46.7 Å². The van der Waals surface area contributed by atoms with Crippen LogP contribution in [0.3, 0.4) is 0 Å². The summed E-state index contributed by atoms with van der Waals surface area (Å²) in [5, 5.41) is 2.18. The van der Waals surface area contributed by atoms with Crippen LogP contribution in [0.15, 0.2) is 24.3 Å². The zero-order chi connectivity index (χ0) is 22.4. The number of morpholine rings is 1. The summed E-state index contributed by atoms with van der Waals surface area (Å²) >= 11 is 0. The second-order valence-corrected chi connectivity index (χ2v) is 8.07. The van der Waals surface area contributed by atoms with Gasteiger partial charge in [-0.15, -0.1) is 0 Å². The first-order valence-corrected chi connectivity index (χ1v) is 10.8. The molecule has 5 rings (SSSR count). The van der Waals surface area contributed by atoms with E-state index < -0.39 is 0 Å². The van der Waals surface area contributed by atoms with Crippen molar-refractivity contribution in [2.45, 2.75) is 12.8 Å². The average molecular weight is 437 g/mol. The topological polar surface area (TPSA) is 62.3 Å². The number of benzene rings is 2. The van der Waals surface area contributed by atoms with Crippen LogP contribution >= 0.6 is 0 Å². The van der Waals surface area contributed by atoms with Crippen molar-refractivity contribution < 1.29 is 23.7 Å². The number of methoxy groups -OCH3 is 4. The van der Waals surface area contributed by atoms with Crippen LogP contribution in [0, 0.1) is 0 Å². The predicted octanol–water partition coefficient (Wildman–Crippen LogP) is 4.24. The minimum absolute atomic E-state index is 0.145. The summed E-state index contributed by atoms with van der Waals surface area (Å²) in [4.78, 5) is 7.53. The van der Waals surface area contributed by atoms with Gasteiger partial charge in [0.15, 0.2) is 23.0 Å². The lowest BCUT2D eigenvalue weighted by molar-refractivity contribution is 0.122. The van der Waals surface area contributed by atoms with Crippen LogP contribution in [0.25, 0.3) is 22.0 Å². The first-order valence-electron chi connectivity index (χ1n) is 10.8. The molecule has 1 fully saturated rings. The molecule has 0 bridgehead atoms. The number of hydrogen-bond acceptors (Lipinski definition) is 7. The molecule has 32 heavy (non-hydrogen) atoms. The van der Waals surface area contributed by atoms with Crippen LogP contribution in [0.4, 0.5) is 5.82 Å². The number of ether oxygens (including phenoxy) is 5. The molecule has 0 saturated carbocycles. The van der Waals surface area contributed by atoms with Gasteiger partial charge in [-0.05, 0) is 40.8 Å². The molecule has 2 aromatic carbocycles. The first-order chi connectivity index (χ1) is 15.6. The number of pyridine rings is 1. The van der Waals surface area contributed by atoms with Crippen LogP contribution in [0.2, 0.25) is 0 Å². The fourth-order valence-corrected chi connectivity index (χ4v) is 4.91. The molecule has 1 atom stereocenters. The van der Waals surface area contributed by atoms with Crippen LogP contribution in [0.1, 0.15) is 24.0 Å². The summed E-state index contributed by atoms with van der Waals surface area (Å²) < 4.78 is 28.0. The smallest absolute Gasteiger partial charge is 0.161 e. The summed E-state index contributed by atoms with van der Waals surface area (Å²) in [5.41, 5.74) is 4.43. The Bertz CT molecular complexity index is 1190. The Morgan fingerprint density at radius 2 is 1.38 bits per heavy atom. The van der Waals surface area contributed by atoms with Crippen molar-refractivity contribution in [2.75, 3.05) is 59.6 Å². The molecule has 1 aliphatic carbocycles. The highest BCUT2D eigenvalue weighted by Gasteiger charge is 2.33. The van der Waals surface area contributed by atoms with Gasteiger partial charge in [0.05, 0.1) is 47.3 Å². The largest absolute Gasteiger partial charge is 0.493 e. The minimum Gasteiger partial charge on any atom is -0.493 e. The molecule has 0 N–H and O–H groups in total. The Balaban J connectivity index is 1.83. The Morgan fingerprint density at radius 1 is 0.812 bits per heavy atom. The van der Waals surface area contributed by atoms with Crippen LogP contribution < -0.4 is 23.8 Å². The third kappa shape index (κ3) is 3.03. The van der Waals surface area contributed by atoms with Crippen LogP contribution in [0.5, 0.6) is 23.0 Å². The van der Waals surface area contributed by atoms with Gasteiger partial charge >= 0.3 is 0 Å². The van der Waals surface area contributed by atoms with Gasteiger partial charge in [-0.25, -0.2) is 4.98 Å². The summed E-state index contributed by atoms with van der Waals surface area (Å²) in [6, 6.07) is 8.24. The first kappa shape index (κ1) is 20.7. The Hall–Kier alpha value is -3.19. The molecule has 168 valence electrons. The fraction of sp³-hybridized carbons (Fsp3) is 0.400. The maximum Gasteiger partial charge on any atom is 0.161 e. The quantitative estimate of drug-likeness (QED) is 0.593. The van der Waals surface area contributed by atoms with Gasteiger partial charge in [0, 0.05) is 30.0 Å². The van der Waals surface area contributed by atoms with Crippen molar-refractivity contribution in [3.63, 3.8) is 0 Å². The SMILES string of the molecule is COc1cc2c(cc1OC)C(C)c1c-2nc(N2CCOCC2)c2cc(OC)c(OC)cc12. The lowest BCUT2D eigenvalue weighted by Crippen LogP contribution is -2.37. The lowest BCUT2D eigenvalue weighted by atomic mass is 9.94. The highest BCUT2D eigenvalue weighted by atomic mass is 16.5. The van der Waals surface area contributed by atoms with Gasteiger partial charge in [0.25, 0.3) is 0 Å². The molecule has 0 spiro atoms. The summed E-state index contributed by atoms with van der Waals surface area (Å²) in [7, 11) is 6.66. The van der Waals surface area contributed by atoms with E-state index in [2.05, 4.69) is 24.0 Å². The van der Waals surface area contributed by atoms with Gasteiger partial charge in [-0.3, -0.25) is 0 Å². The Morgan fingerprint density at radius 3 is 2.00 bits per heavy atom. The van der Waals surface area contributed by atoms with Gasteiger partial charge in [0.1, 0.15) is 5.82 Å². The highest BCUT2D eigenvalue weighted by Crippen LogP contribution is 2.52. The van der Waals surface area contributed by atoms with Crippen molar-refractivity contribution >= 4 is 16.6 Å². The van der Waals surface area contributed by atoms with Crippen molar-refractivity contribution in [1.82, 2.24) is 4.98 Å². The number of anilines is 1. The zero-order valence-corrected chi connectivity index (χ0v) is 19.2. The van der Waals surface area contributed by atoms with Gasteiger partial charge in [-0.1, -0.05) is 6.92 Å². The van der Waals surface area contributed by atoms with Crippen LogP contribution in [-0.2, 0) is 4.74 Å². The van der Waals surface area contributed by atoms with Gasteiger partial charge < -0.3 is 28.6 Å².